The fourth-order valence-electron chi connectivity index (χ4n) is 2.09. The molecule has 0 amide bonds. The van der Waals surface area contributed by atoms with Crippen LogP contribution in [0.2, 0.25) is 0 Å². The maximum absolute atomic E-state index is 11.8. The quantitative estimate of drug-likeness (QED) is 0.690. The monoisotopic (exact) mass is 320 g/mol. The molecule has 23 heavy (non-hydrogen) atoms. The van der Waals surface area contributed by atoms with Crippen LogP contribution in [-0.2, 0) is 29.0 Å². The summed E-state index contributed by atoms with van der Waals surface area (Å²) in [5, 5.41) is 3.74. The zero-order valence-electron chi connectivity index (χ0n) is 13.5. The summed E-state index contributed by atoms with van der Waals surface area (Å²) in [6.45, 7) is 1.91. The minimum atomic E-state index is -0.342. The number of benzene rings is 1. The Hall–Kier alpha value is -2.57. The van der Waals surface area contributed by atoms with Crippen LogP contribution in [0.5, 0.6) is 11.5 Å². The predicted octanol–water partition coefficient (Wildman–Crippen LogP) is 2.33. The van der Waals surface area contributed by atoms with Crippen molar-refractivity contribution in [3.8, 4) is 11.5 Å². The number of aromatic nitrogens is 2. The molecule has 7 heteroatoms. The van der Waals surface area contributed by atoms with Crippen molar-refractivity contribution in [3.05, 3.63) is 35.5 Å². The molecule has 2 rings (SSSR count). The van der Waals surface area contributed by atoms with E-state index in [0.29, 0.717) is 36.1 Å². The first-order chi connectivity index (χ1) is 11.2. The maximum Gasteiger partial charge on any atom is 0.306 e. The Bertz CT molecular complexity index is 654. The number of carbonyl (C=O) groups is 1. The Morgan fingerprint density at radius 1 is 1.26 bits per heavy atom. The number of para-hydroxylation sites is 1. The number of ether oxygens (including phenoxy) is 3. The Morgan fingerprint density at radius 2 is 2.09 bits per heavy atom. The molecule has 0 spiro atoms. The van der Waals surface area contributed by atoms with Gasteiger partial charge in [-0.25, -0.2) is 0 Å². The SMILES string of the molecule is CCc1noc(COC(=O)CCc2cccc(OC)c2OC)n1. The largest absolute Gasteiger partial charge is 0.493 e. The van der Waals surface area contributed by atoms with Crippen molar-refractivity contribution in [3.63, 3.8) is 0 Å². The Morgan fingerprint density at radius 3 is 2.74 bits per heavy atom. The van der Waals surface area contributed by atoms with Crippen LogP contribution in [0.3, 0.4) is 0 Å². The number of methoxy groups -OCH3 is 2. The zero-order valence-corrected chi connectivity index (χ0v) is 13.5. The van der Waals surface area contributed by atoms with Crippen LogP contribution in [0.15, 0.2) is 22.7 Å². The number of hydrogen-bond donors (Lipinski definition) is 0. The molecule has 0 saturated carbocycles. The highest BCUT2D eigenvalue weighted by atomic mass is 16.6. The molecule has 0 atom stereocenters. The van der Waals surface area contributed by atoms with Gasteiger partial charge in [0.1, 0.15) is 0 Å². The summed E-state index contributed by atoms with van der Waals surface area (Å²) in [4.78, 5) is 15.9. The van der Waals surface area contributed by atoms with Crippen molar-refractivity contribution in [1.29, 1.82) is 0 Å². The van der Waals surface area contributed by atoms with Gasteiger partial charge in [0.15, 0.2) is 23.9 Å². The molecule has 0 radical (unpaired) electrons. The van der Waals surface area contributed by atoms with Gasteiger partial charge in [-0.2, -0.15) is 4.98 Å². The summed E-state index contributed by atoms with van der Waals surface area (Å²) >= 11 is 0. The molecular formula is C16H20N2O5. The van der Waals surface area contributed by atoms with Crippen LogP contribution in [0.25, 0.3) is 0 Å². The van der Waals surface area contributed by atoms with Gasteiger partial charge >= 0.3 is 5.97 Å². The van der Waals surface area contributed by atoms with Gasteiger partial charge in [-0.1, -0.05) is 24.2 Å². The number of rotatable bonds is 8. The van der Waals surface area contributed by atoms with Gasteiger partial charge in [-0.15, -0.1) is 0 Å². The Kier molecular flexibility index (Phi) is 5.96. The summed E-state index contributed by atoms with van der Waals surface area (Å²) in [5.41, 5.74) is 0.884. The Balaban J connectivity index is 1.87. The van der Waals surface area contributed by atoms with Crippen molar-refractivity contribution < 1.29 is 23.5 Å². The second-order valence-electron chi connectivity index (χ2n) is 4.77. The zero-order chi connectivity index (χ0) is 16.7. The molecular weight excluding hydrogens is 300 g/mol. The lowest BCUT2D eigenvalue weighted by Crippen LogP contribution is -2.07. The third-order valence-corrected chi connectivity index (χ3v) is 3.27. The van der Waals surface area contributed by atoms with Crippen LogP contribution in [0, 0.1) is 0 Å². The van der Waals surface area contributed by atoms with Crippen molar-refractivity contribution in [2.45, 2.75) is 32.8 Å². The van der Waals surface area contributed by atoms with Crippen molar-refractivity contribution in [2.24, 2.45) is 0 Å². The standard InChI is InChI=1S/C16H20N2O5/c1-4-13-17-14(23-18-13)10-22-15(19)9-8-11-6-5-7-12(20-2)16(11)21-3/h5-7H,4,8-10H2,1-3H3. The van der Waals surface area contributed by atoms with Gasteiger partial charge in [-0.05, 0) is 18.1 Å². The number of nitrogens with zero attached hydrogens (tertiary/aromatic N) is 2. The van der Waals surface area contributed by atoms with Gasteiger partial charge in [-0.3, -0.25) is 4.79 Å². The molecule has 7 nitrogen and oxygen atoms in total. The van der Waals surface area contributed by atoms with Crippen molar-refractivity contribution >= 4 is 5.97 Å². The third-order valence-electron chi connectivity index (χ3n) is 3.27. The van der Waals surface area contributed by atoms with Gasteiger partial charge in [0, 0.05) is 12.8 Å². The first-order valence-corrected chi connectivity index (χ1v) is 7.34. The van der Waals surface area contributed by atoms with E-state index in [9.17, 15) is 4.79 Å². The molecule has 0 aliphatic carbocycles. The first-order valence-electron chi connectivity index (χ1n) is 7.34. The molecule has 0 bridgehead atoms. The molecule has 2 aromatic rings. The normalized spacial score (nSPS) is 10.4. The molecule has 1 aromatic carbocycles. The number of carbonyl (C=O) groups excluding carboxylic acids is 1. The summed E-state index contributed by atoms with van der Waals surface area (Å²) in [6, 6.07) is 5.55. The molecule has 1 aromatic heterocycles. The van der Waals surface area contributed by atoms with Gasteiger partial charge in [0.2, 0.25) is 0 Å². The predicted molar refractivity (Wildman–Crippen MR) is 81.3 cm³/mol. The second kappa shape index (κ2) is 8.17. The summed E-state index contributed by atoms with van der Waals surface area (Å²) in [7, 11) is 3.14. The van der Waals surface area contributed by atoms with E-state index in [1.165, 1.54) is 0 Å². The molecule has 124 valence electrons. The highest BCUT2D eigenvalue weighted by Crippen LogP contribution is 2.31. The molecule has 0 saturated heterocycles. The minimum Gasteiger partial charge on any atom is -0.493 e. The van der Waals surface area contributed by atoms with Gasteiger partial charge in [0.05, 0.1) is 14.2 Å². The molecule has 1 heterocycles. The van der Waals surface area contributed by atoms with E-state index in [2.05, 4.69) is 10.1 Å². The highest BCUT2D eigenvalue weighted by molar-refractivity contribution is 5.70. The van der Waals surface area contributed by atoms with E-state index in [0.717, 1.165) is 5.56 Å². The summed E-state index contributed by atoms with van der Waals surface area (Å²) < 4.78 is 20.7. The number of esters is 1. The van der Waals surface area contributed by atoms with E-state index >= 15 is 0 Å². The average molecular weight is 320 g/mol. The summed E-state index contributed by atoms with van der Waals surface area (Å²) in [6.07, 6.45) is 1.38. The second-order valence-corrected chi connectivity index (χ2v) is 4.77. The molecule has 0 fully saturated rings. The molecule has 0 unspecified atom stereocenters. The van der Waals surface area contributed by atoms with Gasteiger partial charge < -0.3 is 18.7 Å². The number of aryl methyl sites for hydroxylation is 2. The van der Waals surface area contributed by atoms with Crippen LogP contribution >= 0.6 is 0 Å². The van der Waals surface area contributed by atoms with Crippen molar-refractivity contribution in [2.75, 3.05) is 14.2 Å². The lowest BCUT2D eigenvalue weighted by atomic mass is 10.1. The summed E-state index contributed by atoms with van der Waals surface area (Å²) in [5.74, 6) is 1.82. The fourth-order valence-corrected chi connectivity index (χ4v) is 2.09. The minimum absolute atomic E-state index is 0.0128. The molecule has 0 aliphatic rings. The van der Waals surface area contributed by atoms with Crippen LogP contribution in [0.4, 0.5) is 0 Å². The smallest absolute Gasteiger partial charge is 0.306 e. The average Bonchev–Trinajstić information content (AvgIpc) is 3.05. The molecule has 0 N–H and O–H groups in total. The van der Waals surface area contributed by atoms with Gasteiger partial charge in [0.25, 0.3) is 5.89 Å². The van der Waals surface area contributed by atoms with E-state index in [-0.39, 0.29) is 19.0 Å². The van der Waals surface area contributed by atoms with E-state index in [1.807, 2.05) is 25.1 Å². The van der Waals surface area contributed by atoms with E-state index < -0.39 is 0 Å². The van der Waals surface area contributed by atoms with Crippen LogP contribution < -0.4 is 9.47 Å². The van der Waals surface area contributed by atoms with E-state index in [1.54, 1.807) is 14.2 Å². The van der Waals surface area contributed by atoms with Crippen LogP contribution in [-0.4, -0.2) is 30.3 Å². The maximum atomic E-state index is 11.8. The lowest BCUT2D eigenvalue weighted by Gasteiger charge is -2.12. The van der Waals surface area contributed by atoms with Crippen molar-refractivity contribution in [1.82, 2.24) is 10.1 Å². The first kappa shape index (κ1) is 16.8. The third kappa shape index (κ3) is 4.45. The number of hydrogen-bond acceptors (Lipinski definition) is 7. The Labute approximate surface area is 134 Å². The molecule has 0 aliphatic heterocycles. The lowest BCUT2D eigenvalue weighted by molar-refractivity contribution is -0.145. The topological polar surface area (TPSA) is 83.7 Å². The van der Waals surface area contributed by atoms with E-state index in [4.69, 9.17) is 18.7 Å². The fraction of sp³-hybridized carbons (Fsp3) is 0.438. The highest BCUT2D eigenvalue weighted by Gasteiger charge is 2.13. The van der Waals surface area contributed by atoms with Crippen LogP contribution in [0.1, 0.15) is 30.6 Å².